The third-order valence-corrected chi connectivity index (χ3v) is 7.32. The molecule has 3 aromatic heterocycles. The molecule has 2 saturated heterocycles. The second-order valence-electron chi connectivity index (χ2n) is 9.47. The van der Waals surface area contributed by atoms with Gasteiger partial charge in [0, 0.05) is 61.9 Å². The number of fused-ring (bicyclic) bond motifs is 1. The van der Waals surface area contributed by atoms with E-state index in [1.54, 1.807) is 6.20 Å². The lowest BCUT2D eigenvalue weighted by Crippen LogP contribution is -2.39. The van der Waals surface area contributed by atoms with Gasteiger partial charge in [-0.05, 0) is 48.1 Å². The molecule has 0 bridgehead atoms. The molecule has 0 spiro atoms. The van der Waals surface area contributed by atoms with Crippen molar-refractivity contribution in [3.8, 4) is 11.1 Å². The van der Waals surface area contributed by atoms with E-state index in [1.807, 2.05) is 46.3 Å². The minimum atomic E-state index is 0.150. The average Bonchev–Trinajstić information content (AvgIpc) is 3.36. The third-order valence-electron chi connectivity index (χ3n) is 7.32. The number of hydrogen-bond donors (Lipinski definition) is 0. The van der Waals surface area contributed by atoms with Gasteiger partial charge in [0.2, 0.25) is 11.9 Å². The van der Waals surface area contributed by atoms with Crippen molar-refractivity contribution in [1.82, 2.24) is 24.4 Å². The number of amides is 1. The van der Waals surface area contributed by atoms with E-state index >= 15 is 0 Å². The topological polar surface area (TPSA) is 76.4 Å². The molecule has 0 N–H and O–H groups in total. The lowest BCUT2D eigenvalue weighted by Gasteiger charge is -2.33. The number of morpholine rings is 1. The highest BCUT2D eigenvalue weighted by Gasteiger charge is 2.26. The predicted molar refractivity (Wildman–Crippen MR) is 139 cm³/mol. The van der Waals surface area contributed by atoms with Gasteiger partial charge in [-0.15, -0.1) is 0 Å². The van der Waals surface area contributed by atoms with Crippen molar-refractivity contribution in [2.45, 2.75) is 25.3 Å². The van der Waals surface area contributed by atoms with E-state index in [1.165, 1.54) is 11.1 Å². The van der Waals surface area contributed by atoms with Gasteiger partial charge in [-0.3, -0.25) is 4.79 Å². The number of rotatable bonds is 5. The van der Waals surface area contributed by atoms with Crippen LogP contribution in [-0.4, -0.2) is 69.7 Å². The first-order chi connectivity index (χ1) is 17.8. The van der Waals surface area contributed by atoms with Crippen LogP contribution in [0, 0.1) is 0 Å². The summed E-state index contributed by atoms with van der Waals surface area (Å²) in [6.07, 6.45) is 9.48. The molecule has 4 aromatic rings. The molecular weight excluding hydrogens is 452 g/mol. The maximum absolute atomic E-state index is 13.1. The van der Waals surface area contributed by atoms with Crippen LogP contribution in [0.3, 0.4) is 0 Å². The summed E-state index contributed by atoms with van der Waals surface area (Å²) in [6, 6.07) is 14.5. The highest BCUT2D eigenvalue weighted by atomic mass is 16.5. The van der Waals surface area contributed by atoms with E-state index in [0.717, 1.165) is 61.6 Å². The molecule has 0 aliphatic carbocycles. The van der Waals surface area contributed by atoms with Crippen molar-refractivity contribution < 1.29 is 9.53 Å². The lowest BCUT2D eigenvalue weighted by molar-refractivity contribution is -0.132. The van der Waals surface area contributed by atoms with E-state index in [-0.39, 0.29) is 5.91 Å². The standard InChI is InChI=1S/C28H30N6O2/c35-26(20-34-13-9-22-4-3-10-29-27(22)34)32-11-7-21(8-12-32)24-5-1-2-6-25(24)23-18-30-28(31-19-23)33-14-16-36-17-15-33/h1-6,9-10,13,18-19,21H,7-8,11-12,14-17,20H2. The maximum atomic E-state index is 13.1. The van der Waals surface area contributed by atoms with Gasteiger partial charge >= 0.3 is 0 Å². The van der Waals surface area contributed by atoms with Crippen LogP contribution in [0.4, 0.5) is 5.95 Å². The fourth-order valence-electron chi connectivity index (χ4n) is 5.34. The molecular formula is C28H30N6O2. The number of carbonyl (C=O) groups excluding carboxylic acids is 1. The van der Waals surface area contributed by atoms with Gasteiger partial charge in [0.15, 0.2) is 0 Å². The Morgan fingerprint density at radius 3 is 2.50 bits per heavy atom. The fourth-order valence-corrected chi connectivity index (χ4v) is 5.34. The Morgan fingerprint density at radius 2 is 1.69 bits per heavy atom. The summed E-state index contributed by atoms with van der Waals surface area (Å²) in [6.45, 7) is 4.93. The van der Waals surface area contributed by atoms with Crippen molar-refractivity contribution in [2.75, 3.05) is 44.3 Å². The number of piperidine rings is 1. The fraction of sp³-hybridized carbons (Fsp3) is 0.357. The molecule has 2 aliphatic rings. The number of anilines is 1. The van der Waals surface area contributed by atoms with Gasteiger partial charge < -0.3 is 19.1 Å². The Labute approximate surface area is 210 Å². The smallest absolute Gasteiger partial charge is 0.242 e. The second kappa shape index (κ2) is 10.1. The Morgan fingerprint density at radius 1 is 0.917 bits per heavy atom. The van der Waals surface area contributed by atoms with Crippen molar-refractivity contribution in [1.29, 1.82) is 0 Å². The van der Waals surface area contributed by atoms with Gasteiger partial charge in [0.05, 0.1) is 13.2 Å². The highest BCUT2D eigenvalue weighted by molar-refractivity contribution is 5.81. The number of benzene rings is 1. The van der Waals surface area contributed by atoms with Crippen LogP contribution in [0.15, 0.2) is 67.3 Å². The van der Waals surface area contributed by atoms with Crippen LogP contribution in [0.5, 0.6) is 0 Å². The molecule has 36 heavy (non-hydrogen) atoms. The summed E-state index contributed by atoms with van der Waals surface area (Å²) < 4.78 is 7.38. The Bertz CT molecular complexity index is 1340. The van der Waals surface area contributed by atoms with Crippen LogP contribution in [0.2, 0.25) is 0 Å². The SMILES string of the molecule is O=C(Cn1ccc2cccnc21)N1CCC(c2ccccc2-c2cnc(N3CCOCC3)nc2)CC1. The van der Waals surface area contributed by atoms with E-state index in [9.17, 15) is 4.79 Å². The molecule has 8 heteroatoms. The van der Waals surface area contributed by atoms with Crippen molar-refractivity contribution in [3.05, 3.63) is 72.8 Å². The molecule has 5 heterocycles. The van der Waals surface area contributed by atoms with Crippen molar-refractivity contribution >= 4 is 22.9 Å². The van der Waals surface area contributed by atoms with Gasteiger partial charge in [-0.25, -0.2) is 15.0 Å². The number of aromatic nitrogens is 4. The first-order valence-electron chi connectivity index (χ1n) is 12.7. The zero-order valence-corrected chi connectivity index (χ0v) is 20.3. The number of nitrogens with zero attached hydrogens (tertiary/aromatic N) is 6. The number of hydrogen-bond acceptors (Lipinski definition) is 6. The molecule has 184 valence electrons. The molecule has 6 rings (SSSR count). The molecule has 2 fully saturated rings. The van der Waals surface area contributed by atoms with Gasteiger partial charge in [0.1, 0.15) is 12.2 Å². The molecule has 8 nitrogen and oxygen atoms in total. The Balaban J connectivity index is 1.12. The maximum Gasteiger partial charge on any atom is 0.242 e. The number of carbonyl (C=O) groups is 1. The molecule has 2 aliphatic heterocycles. The summed E-state index contributed by atoms with van der Waals surface area (Å²) >= 11 is 0. The minimum Gasteiger partial charge on any atom is -0.378 e. The predicted octanol–water partition coefficient (Wildman–Crippen LogP) is 3.74. The summed E-state index contributed by atoms with van der Waals surface area (Å²) in [4.78, 5) is 31.0. The largest absolute Gasteiger partial charge is 0.378 e. The third kappa shape index (κ3) is 4.56. The molecule has 0 unspecified atom stereocenters. The molecule has 0 atom stereocenters. The van der Waals surface area contributed by atoms with Crippen molar-refractivity contribution in [3.63, 3.8) is 0 Å². The summed E-state index contributed by atoms with van der Waals surface area (Å²) in [5.74, 6) is 1.31. The first kappa shape index (κ1) is 22.7. The first-order valence-corrected chi connectivity index (χ1v) is 12.7. The van der Waals surface area contributed by atoms with Crippen LogP contribution in [-0.2, 0) is 16.1 Å². The number of ether oxygens (including phenoxy) is 1. The summed E-state index contributed by atoms with van der Waals surface area (Å²) in [5.41, 5.74) is 4.39. The normalized spacial score (nSPS) is 17.0. The van der Waals surface area contributed by atoms with Crippen molar-refractivity contribution in [2.24, 2.45) is 0 Å². The lowest BCUT2D eigenvalue weighted by atomic mass is 9.85. The summed E-state index contributed by atoms with van der Waals surface area (Å²) in [5, 5.41) is 1.06. The molecule has 1 amide bonds. The van der Waals surface area contributed by atoms with Gasteiger partial charge in [-0.2, -0.15) is 0 Å². The Kier molecular flexibility index (Phi) is 6.34. The van der Waals surface area contributed by atoms with E-state index in [4.69, 9.17) is 4.74 Å². The zero-order chi connectivity index (χ0) is 24.3. The number of likely N-dealkylation sites (tertiary alicyclic amines) is 1. The average molecular weight is 483 g/mol. The van der Waals surface area contributed by atoms with E-state index in [2.05, 4.69) is 44.1 Å². The summed E-state index contributed by atoms with van der Waals surface area (Å²) in [7, 11) is 0. The Hall–Kier alpha value is -3.78. The minimum absolute atomic E-state index is 0.150. The highest BCUT2D eigenvalue weighted by Crippen LogP contribution is 2.35. The van der Waals surface area contributed by atoms with Gasteiger partial charge in [-0.1, -0.05) is 24.3 Å². The van der Waals surface area contributed by atoms with Crippen LogP contribution >= 0.6 is 0 Å². The van der Waals surface area contributed by atoms with Crippen LogP contribution in [0.1, 0.15) is 24.3 Å². The van der Waals surface area contributed by atoms with Crippen LogP contribution in [0.25, 0.3) is 22.2 Å². The monoisotopic (exact) mass is 482 g/mol. The molecule has 0 radical (unpaired) electrons. The molecule has 0 saturated carbocycles. The zero-order valence-electron chi connectivity index (χ0n) is 20.3. The van der Waals surface area contributed by atoms with E-state index in [0.29, 0.717) is 25.7 Å². The molecule has 1 aromatic carbocycles. The van der Waals surface area contributed by atoms with Gasteiger partial charge in [0.25, 0.3) is 0 Å². The van der Waals surface area contributed by atoms with E-state index < -0.39 is 0 Å². The number of pyridine rings is 1. The quantitative estimate of drug-likeness (QED) is 0.431. The van der Waals surface area contributed by atoms with Crippen LogP contribution < -0.4 is 4.90 Å². The second-order valence-corrected chi connectivity index (χ2v) is 9.47.